The molecule has 0 bridgehead atoms. The third kappa shape index (κ3) is 5.31. The van der Waals surface area contributed by atoms with E-state index in [2.05, 4.69) is 24.3 Å². The fraction of sp³-hybridized carbons (Fsp3) is 0.692. The number of rotatable bonds is 8. The lowest BCUT2D eigenvalue weighted by atomic mass is 9.96. The van der Waals surface area contributed by atoms with Crippen molar-refractivity contribution in [1.29, 1.82) is 0 Å². The zero-order valence-electron chi connectivity index (χ0n) is 11.3. The number of hydrogen-bond acceptors (Lipinski definition) is 3. The molecular weight excluding hydrogens is 228 g/mol. The van der Waals surface area contributed by atoms with Crippen LogP contribution in [0.2, 0.25) is 0 Å². The Labute approximate surface area is 109 Å². The van der Waals surface area contributed by atoms with E-state index in [4.69, 9.17) is 5.73 Å². The van der Waals surface area contributed by atoms with E-state index in [0.717, 1.165) is 19.4 Å². The number of nitrogens with zero attached hydrogens (tertiary/aromatic N) is 2. The zero-order chi connectivity index (χ0) is 13.4. The fourth-order valence-electron chi connectivity index (χ4n) is 1.91. The van der Waals surface area contributed by atoms with Crippen LogP contribution in [0.3, 0.4) is 0 Å². The lowest BCUT2D eigenvalue weighted by Gasteiger charge is -2.16. The van der Waals surface area contributed by atoms with Gasteiger partial charge in [0.25, 0.3) is 0 Å². The summed E-state index contributed by atoms with van der Waals surface area (Å²) in [5.74, 6) is 0.509. The number of nitrogens with one attached hydrogen (secondary N) is 1. The first-order valence-electron chi connectivity index (χ1n) is 6.58. The Morgan fingerprint density at radius 1 is 1.50 bits per heavy atom. The van der Waals surface area contributed by atoms with E-state index in [1.807, 2.05) is 16.9 Å². The molecule has 18 heavy (non-hydrogen) atoms. The van der Waals surface area contributed by atoms with Crippen LogP contribution in [0.1, 0.15) is 26.7 Å². The van der Waals surface area contributed by atoms with Gasteiger partial charge in [-0.25, -0.2) is 0 Å². The van der Waals surface area contributed by atoms with Crippen molar-refractivity contribution in [1.82, 2.24) is 15.1 Å². The van der Waals surface area contributed by atoms with Crippen LogP contribution in [0.4, 0.5) is 0 Å². The van der Waals surface area contributed by atoms with Crippen molar-refractivity contribution in [2.24, 2.45) is 17.6 Å². The molecule has 3 N–H and O–H groups in total. The average molecular weight is 252 g/mol. The molecule has 0 fully saturated rings. The van der Waals surface area contributed by atoms with Gasteiger partial charge >= 0.3 is 0 Å². The molecule has 0 aliphatic rings. The van der Waals surface area contributed by atoms with Crippen molar-refractivity contribution in [2.75, 3.05) is 13.1 Å². The molecule has 0 spiro atoms. The van der Waals surface area contributed by atoms with Crippen molar-refractivity contribution in [3.05, 3.63) is 18.5 Å². The van der Waals surface area contributed by atoms with Crippen LogP contribution in [0.15, 0.2) is 18.5 Å². The molecule has 102 valence electrons. The molecule has 1 atom stereocenters. The van der Waals surface area contributed by atoms with Crippen LogP contribution >= 0.6 is 0 Å². The van der Waals surface area contributed by atoms with Gasteiger partial charge in [0, 0.05) is 32.0 Å². The molecule has 0 saturated heterocycles. The summed E-state index contributed by atoms with van der Waals surface area (Å²) in [6.45, 7) is 6.13. The number of hydrogen-bond donors (Lipinski definition) is 2. The second-order valence-corrected chi connectivity index (χ2v) is 4.98. The lowest BCUT2D eigenvalue weighted by Crippen LogP contribution is -2.36. The summed E-state index contributed by atoms with van der Waals surface area (Å²) in [7, 11) is 0. The molecule has 1 amide bonds. The van der Waals surface area contributed by atoms with Gasteiger partial charge in [0.05, 0.1) is 5.92 Å². The summed E-state index contributed by atoms with van der Waals surface area (Å²) in [6.07, 6.45) is 5.41. The Kier molecular flexibility index (Phi) is 6.43. The van der Waals surface area contributed by atoms with Crippen molar-refractivity contribution in [3.63, 3.8) is 0 Å². The van der Waals surface area contributed by atoms with Crippen LogP contribution < -0.4 is 11.1 Å². The number of aromatic nitrogens is 2. The first-order valence-corrected chi connectivity index (χ1v) is 6.58. The molecule has 5 nitrogen and oxygen atoms in total. The summed E-state index contributed by atoms with van der Waals surface area (Å²) in [5.41, 5.74) is 5.63. The van der Waals surface area contributed by atoms with E-state index in [1.165, 1.54) is 0 Å². The maximum Gasteiger partial charge on any atom is 0.224 e. The predicted molar refractivity (Wildman–Crippen MR) is 71.9 cm³/mol. The van der Waals surface area contributed by atoms with Crippen LogP contribution in [0, 0.1) is 11.8 Å². The Balaban J connectivity index is 2.19. The summed E-state index contributed by atoms with van der Waals surface area (Å²) in [5, 5.41) is 7.05. The molecule has 1 aromatic rings. The number of carbonyl (C=O) groups excluding carboxylic acids is 1. The Morgan fingerprint density at radius 3 is 2.83 bits per heavy atom. The fourth-order valence-corrected chi connectivity index (χ4v) is 1.91. The Morgan fingerprint density at radius 2 is 2.28 bits per heavy atom. The Hall–Kier alpha value is -1.36. The van der Waals surface area contributed by atoms with E-state index < -0.39 is 0 Å². The lowest BCUT2D eigenvalue weighted by molar-refractivity contribution is -0.125. The smallest absolute Gasteiger partial charge is 0.224 e. The molecule has 1 aromatic heterocycles. The second kappa shape index (κ2) is 7.87. The van der Waals surface area contributed by atoms with Crippen LogP contribution in [-0.2, 0) is 11.3 Å². The normalized spacial score (nSPS) is 12.7. The van der Waals surface area contributed by atoms with E-state index >= 15 is 0 Å². The predicted octanol–water partition coefficient (Wildman–Crippen LogP) is 1.01. The molecule has 1 unspecified atom stereocenters. The molecule has 5 heteroatoms. The highest BCUT2D eigenvalue weighted by Crippen LogP contribution is 2.10. The topological polar surface area (TPSA) is 72.9 Å². The number of nitrogens with two attached hydrogens (primary N) is 1. The Bertz CT molecular complexity index is 335. The molecule has 0 saturated carbocycles. The minimum Gasteiger partial charge on any atom is -0.356 e. The van der Waals surface area contributed by atoms with Gasteiger partial charge in [-0.1, -0.05) is 13.8 Å². The number of aryl methyl sites for hydroxylation is 1. The number of carbonyl (C=O) groups is 1. The molecule has 1 heterocycles. The average Bonchev–Trinajstić information content (AvgIpc) is 2.84. The molecular formula is C13H24N4O. The maximum absolute atomic E-state index is 11.9. The third-order valence-electron chi connectivity index (χ3n) is 2.83. The van der Waals surface area contributed by atoms with Gasteiger partial charge in [-0.05, 0) is 24.8 Å². The highest BCUT2D eigenvalue weighted by molar-refractivity contribution is 5.78. The summed E-state index contributed by atoms with van der Waals surface area (Å²) >= 11 is 0. The van der Waals surface area contributed by atoms with Gasteiger partial charge < -0.3 is 11.1 Å². The standard InChI is InChI=1S/C13H24N4O/c1-11(2)9-12(10-14)13(18)15-5-3-7-17-8-4-6-16-17/h4,6,8,11-12H,3,5,7,9-10,14H2,1-2H3,(H,15,18). The summed E-state index contributed by atoms with van der Waals surface area (Å²) in [6, 6.07) is 1.89. The highest BCUT2D eigenvalue weighted by Gasteiger charge is 2.17. The monoisotopic (exact) mass is 252 g/mol. The van der Waals surface area contributed by atoms with Crippen molar-refractivity contribution in [2.45, 2.75) is 33.2 Å². The van der Waals surface area contributed by atoms with Gasteiger partial charge in [0.1, 0.15) is 0 Å². The van der Waals surface area contributed by atoms with E-state index in [-0.39, 0.29) is 11.8 Å². The SMILES string of the molecule is CC(C)CC(CN)C(=O)NCCCn1cccn1. The third-order valence-corrected chi connectivity index (χ3v) is 2.83. The zero-order valence-corrected chi connectivity index (χ0v) is 11.3. The van der Waals surface area contributed by atoms with Crippen molar-refractivity contribution >= 4 is 5.91 Å². The largest absolute Gasteiger partial charge is 0.356 e. The minimum atomic E-state index is -0.0605. The molecule has 0 aromatic carbocycles. The molecule has 1 rings (SSSR count). The van der Waals surface area contributed by atoms with Crippen molar-refractivity contribution in [3.8, 4) is 0 Å². The van der Waals surface area contributed by atoms with Crippen molar-refractivity contribution < 1.29 is 4.79 Å². The minimum absolute atomic E-state index is 0.0605. The van der Waals surface area contributed by atoms with Crippen LogP contribution in [-0.4, -0.2) is 28.8 Å². The first-order chi connectivity index (χ1) is 8.63. The molecule has 0 aliphatic heterocycles. The molecule has 0 radical (unpaired) electrons. The van der Waals surface area contributed by atoms with Crippen LogP contribution in [0.5, 0.6) is 0 Å². The van der Waals surface area contributed by atoms with Gasteiger partial charge in [0.2, 0.25) is 5.91 Å². The number of amides is 1. The van der Waals surface area contributed by atoms with Gasteiger partial charge in [-0.15, -0.1) is 0 Å². The van der Waals surface area contributed by atoms with Crippen LogP contribution in [0.25, 0.3) is 0 Å². The van der Waals surface area contributed by atoms with E-state index in [9.17, 15) is 4.79 Å². The van der Waals surface area contributed by atoms with E-state index in [0.29, 0.717) is 19.0 Å². The van der Waals surface area contributed by atoms with Gasteiger partial charge in [0.15, 0.2) is 0 Å². The first kappa shape index (κ1) is 14.7. The van der Waals surface area contributed by atoms with Gasteiger partial charge in [-0.3, -0.25) is 9.48 Å². The second-order valence-electron chi connectivity index (χ2n) is 4.98. The van der Waals surface area contributed by atoms with Gasteiger partial charge in [-0.2, -0.15) is 5.10 Å². The summed E-state index contributed by atoms with van der Waals surface area (Å²) in [4.78, 5) is 11.9. The maximum atomic E-state index is 11.9. The van der Waals surface area contributed by atoms with E-state index in [1.54, 1.807) is 6.20 Å². The highest BCUT2D eigenvalue weighted by atomic mass is 16.1. The summed E-state index contributed by atoms with van der Waals surface area (Å²) < 4.78 is 1.86. The molecule has 0 aliphatic carbocycles. The quantitative estimate of drug-likeness (QED) is 0.678.